The number of hydrogen-bond donors (Lipinski definition) is 1. The van der Waals surface area contributed by atoms with E-state index in [-0.39, 0.29) is 4.21 Å². The summed E-state index contributed by atoms with van der Waals surface area (Å²) < 4.78 is 29.3. The Morgan fingerprint density at radius 2 is 2.26 bits per heavy atom. The Labute approximate surface area is 122 Å². The van der Waals surface area contributed by atoms with E-state index in [9.17, 15) is 8.42 Å². The van der Waals surface area contributed by atoms with Gasteiger partial charge in [-0.05, 0) is 36.8 Å². The summed E-state index contributed by atoms with van der Waals surface area (Å²) in [5.74, 6) is 0.399. The Balaban J connectivity index is 2.13. The van der Waals surface area contributed by atoms with Gasteiger partial charge in [0.25, 0.3) is 0 Å². The lowest BCUT2D eigenvalue weighted by molar-refractivity contribution is 0.192. The van der Waals surface area contributed by atoms with Gasteiger partial charge in [0, 0.05) is 19.0 Å². The Morgan fingerprint density at radius 3 is 2.89 bits per heavy atom. The number of methoxy groups -OCH3 is 1. The van der Waals surface area contributed by atoms with E-state index in [1.54, 1.807) is 24.9 Å². The molecule has 0 saturated carbocycles. The molecule has 0 aromatic carbocycles. The Bertz CT molecular complexity index is 538. The van der Waals surface area contributed by atoms with E-state index in [1.807, 2.05) is 0 Å². The molecule has 0 spiro atoms. The molecule has 19 heavy (non-hydrogen) atoms. The molecule has 1 aromatic rings. The van der Waals surface area contributed by atoms with Gasteiger partial charge >= 0.3 is 0 Å². The summed E-state index contributed by atoms with van der Waals surface area (Å²) in [6.45, 7) is 2.94. The van der Waals surface area contributed by atoms with E-state index < -0.39 is 10.0 Å². The number of fused-ring (bicyclic) bond motifs is 1. The summed E-state index contributed by atoms with van der Waals surface area (Å²) in [5, 5.41) is 5.75. The molecule has 1 aliphatic rings. The average Bonchev–Trinajstić information content (AvgIpc) is 2.73. The maximum Gasteiger partial charge on any atom is 0.247 e. The highest BCUT2D eigenvalue weighted by Crippen LogP contribution is 2.48. The molecule has 4 nitrogen and oxygen atoms in total. The van der Waals surface area contributed by atoms with E-state index in [1.165, 1.54) is 11.3 Å². The molecule has 0 radical (unpaired) electrons. The smallest absolute Gasteiger partial charge is 0.247 e. The van der Waals surface area contributed by atoms with Crippen molar-refractivity contribution in [3.8, 4) is 0 Å². The molecule has 0 aliphatic carbocycles. The molecule has 1 aliphatic heterocycles. The third kappa shape index (κ3) is 3.72. The number of thioether (sulfide) groups is 1. The molecular weight excluding hydrogens is 302 g/mol. The molecule has 108 valence electrons. The summed E-state index contributed by atoms with van der Waals surface area (Å²) in [4.78, 5) is 0. The number of hydrogen-bond acceptors (Lipinski definition) is 5. The zero-order valence-electron chi connectivity index (χ0n) is 11.1. The van der Waals surface area contributed by atoms with Gasteiger partial charge in [0.05, 0.1) is 4.21 Å². The molecule has 1 unspecified atom stereocenters. The van der Waals surface area contributed by atoms with Crippen LogP contribution in [0.1, 0.15) is 37.7 Å². The highest BCUT2D eigenvalue weighted by molar-refractivity contribution is 8.02. The topological polar surface area (TPSA) is 69.4 Å². The minimum absolute atomic E-state index is 0.286. The maximum absolute atomic E-state index is 11.4. The third-order valence-corrected chi connectivity index (χ3v) is 7.39. The van der Waals surface area contributed by atoms with Crippen molar-refractivity contribution < 1.29 is 13.2 Å². The van der Waals surface area contributed by atoms with Gasteiger partial charge in [-0.1, -0.05) is 6.92 Å². The molecule has 0 amide bonds. The minimum Gasteiger partial charge on any atom is -0.385 e. The van der Waals surface area contributed by atoms with Crippen LogP contribution in [0.5, 0.6) is 0 Å². The summed E-state index contributed by atoms with van der Waals surface area (Å²) in [5.41, 5.74) is 1.14. The van der Waals surface area contributed by atoms with Gasteiger partial charge in [-0.3, -0.25) is 0 Å². The van der Waals surface area contributed by atoms with Crippen LogP contribution in [-0.2, 0) is 14.8 Å². The third-order valence-electron chi connectivity index (χ3n) is 3.28. The van der Waals surface area contributed by atoms with Gasteiger partial charge in [-0.25, -0.2) is 13.6 Å². The Hall–Kier alpha value is -0.0800. The van der Waals surface area contributed by atoms with Gasteiger partial charge in [0.1, 0.15) is 4.21 Å². The summed E-state index contributed by atoms with van der Waals surface area (Å²) in [6.07, 6.45) is 3.23. The second kappa shape index (κ2) is 6.13. The van der Waals surface area contributed by atoms with Crippen LogP contribution in [0.25, 0.3) is 0 Å². The Morgan fingerprint density at radius 1 is 1.53 bits per heavy atom. The quantitative estimate of drug-likeness (QED) is 0.847. The number of rotatable bonds is 5. The molecule has 2 rings (SSSR count). The molecule has 0 saturated heterocycles. The summed E-state index contributed by atoms with van der Waals surface area (Å²) in [6, 6.07) is 1.75. The van der Waals surface area contributed by atoms with Crippen molar-refractivity contribution in [1.82, 2.24) is 0 Å². The van der Waals surface area contributed by atoms with E-state index in [0.29, 0.717) is 11.2 Å². The first-order valence-corrected chi connectivity index (χ1v) is 9.48. The molecule has 0 bridgehead atoms. The van der Waals surface area contributed by atoms with E-state index in [2.05, 4.69) is 6.92 Å². The maximum atomic E-state index is 11.4. The van der Waals surface area contributed by atoms with Crippen LogP contribution in [0.2, 0.25) is 0 Å². The lowest BCUT2D eigenvalue weighted by atomic mass is 9.96. The van der Waals surface area contributed by atoms with E-state index in [4.69, 9.17) is 9.88 Å². The molecule has 0 fully saturated rings. The fraction of sp³-hybridized carbons (Fsp3) is 0.667. The van der Waals surface area contributed by atoms with E-state index >= 15 is 0 Å². The number of sulfonamides is 1. The highest BCUT2D eigenvalue weighted by atomic mass is 32.3. The van der Waals surface area contributed by atoms with Crippen molar-refractivity contribution in [1.29, 1.82) is 0 Å². The lowest BCUT2D eigenvalue weighted by Crippen LogP contribution is -2.13. The number of thiophene rings is 1. The molecule has 7 heteroatoms. The Kier molecular flexibility index (Phi) is 4.94. The zero-order valence-corrected chi connectivity index (χ0v) is 13.5. The first-order chi connectivity index (χ1) is 8.91. The lowest BCUT2D eigenvalue weighted by Gasteiger charge is -2.26. The molecule has 1 aromatic heterocycles. The number of ether oxygens (including phenoxy) is 1. The van der Waals surface area contributed by atoms with Crippen LogP contribution in [-0.4, -0.2) is 27.4 Å². The summed E-state index contributed by atoms with van der Waals surface area (Å²) >= 11 is 3.10. The molecule has 2 atom stereocenters. The first kappa shape index (κ1) is 15.3. The van der Waals surface area contributed by atoms with Gasteiger partial charge in [-0.2, -0.15) is 0 Å². The highest BCUT2D eigenvalue weighted by Gasteiger charge is 2.28. The average molecular weight is 321 g/mol. The van der Waals surface area contributed by atoms with Crippen molar-refractivity contribution in [3.05, 3.63) is 11.6 Å². The van der Waals surface area contributed by atoms with Crippen LogP contribution in [0.4, 0.5) is 0 Å². The van der Waals surface area contributed by atoms with Crippen molar-refractivity contribution in [2.24, 2.45) is 5.14 Å². The predicted molar refractivity (Wildman–Crippen MR) is 79.5 cm³/mol. The number of nitrogens with two attached hydrogens (primary N) is 1. The van der Waals surface area contributed by atoms with Gasteiger partial charge in [0.15, 0.2) is 0 Å². The second-order valence-electron chi connectivity index (χ2n) is 4.86. The van der Waals surface area contributed by atoms with Gasteiger partial charge in [0.2, 0.25) is 10.0 Å². The fourth-order valence-electron chi connectivity index (χ4n) is 2.29. The van der Waals surface area contributed by atoms with Crippen molar-refractivity contribution in [3.63, 3.8) is 0 Å². The predicted octanol–water partition coefficient (Wildman–Crippen LogP) is 2.79. The number of primary sulfonamides is 1. The van der Waals surface area contributed by atoms with Crippen LogP contribution < -0.4 is 5.14 Å². The van der Waals surface area contributed by atoms with Gasteiger partial charge in [-0.15, -0.1) is 23.1 Å². The fourth-order valence-corrected chi connectivity index (χ4v) is 6.44. The van der Waals surface area contributed by atoms with Crippen LogP contribution in [0.15, 0.2) is 14.5 Å². The second-order valence-corrected chi connectivity index (χ2v) is 9.27. The standard InChI is InChI=1S/C12H19NO3S3/c1-8-6-9(4-3-5-16-2)17-12-10(8)7-11(18-12)19(13,14)15/h7-9H,3-6H2,1-2H3,(H2,13,14,15)/t8?,9-/m0/s1. The van der Waals surface area contributed by atoms with Crippen LogP contribution in [0.3, 0.4) is 0 Å². The monoisotopic (exact) mass is 321 g/mol. The zero-order chi connectivity index (χ0) is 14.0. The van der Waals surface area contributed by atoms with Crippen molar-refractivity contribution in [2.45, 2.75) is 45.8 Å². The van der Waals surface area contributed by atoms with Crippen molar-refractivity contribution in [2.75, 3.05) is 13.7 Å². The van der Waals surface area contributed by atoms with Gasteiger partial charge < -0.3 is 4.74 Å². The van der Waals surface area contributed by atoms with Crippen LogP contribution in [0, 0.1) is 0 Å². The largest absolute Gasteiger partial charge is 0.385 e. The molecule has 2 N–H and O–H groups in total. The SMILES string of the molecule is COCCC[C@H]1CC(C)c2cc(S(N)(=O)=O)sc2S1. The first-order valence-electron chi connectivity index (χ1n) is 6.24. The molecule has 2 heterocycles. The minimum atomic E-state index is -3.57. The van der Waals surface area contributed by atoms with E-state index in [0.717, 1.165) is 35.6 Å². The van der Waals surface area contributed by atoms with Crippen LogP contribution >= 0.6 is 23.1 Å². The summed E-state index contributed by atoms with van der Waals surface area (Å²) in [7, 11) is -1.86. The van der Waals surface area contributed by atoms with Crippen molar-refractivity contribution >= 4 is 33.1 Å². The normalized spacial score (nSPS) is 23.3. The molecular formula is C12H19NO3S3.